The predicted molar refractivity (Wildman–Crippen MR) is 69.9 cm³/mol. The molecule has 1 heterocycles. The molecule has 0 aliphatic rings. The summed E-state index contributed by atoms with van der Waals surface area (Å²) in [5, 5.41) is 4.11. The van der Waals surface area contributed by atoms with Gasteiger partial charge in [-0.05, 0) is 26.0 Å². The van der Waals surface area contributed by atoms with Gasteiger partial charge >= 0.3 is 0 Å². The Bertz CT molecular complexity index is 723. The van der Waals surface area contributed by atoms with Crippen LogP contribution in [0.5, 0.6) is 0 Å². The second-order valence-electron chi connectivity index (χ2n) is 4.21. The highest BCUT2D eigenvalue weighted by molar-refractivity contribution is 7.92. The summed E-state index contributed by atoms with van der Waals surface area (Å²) in [6.45, 7) is 3.42. The van der Waals surface area contributed by atoms with Gasteiger partial charge in [-0.2, -0.15) is 5.10 Å². The van der Waals surface area contributed by atoms with Crippen LogP contribution in [0.4, 0.5) is 10.1 Å². The van der Waals surface area contributed by atoms with Gasteiger partial charge in [0.2, 0.25) is 0 Å². The van der Waals surface area contributed by atoms with Crippen molar-refractivity contribution in [2.45, 2.75) is 18.7 Å². The third-order valence-electron chi connectivity index (χ3n) is 2.87. The first-order valence-corrected chi connectivity index (χ1v) is 7.09. The molecule has 0 radical (unpaired) electrons. The molecule has 0 spiro atoms. The van der Waals surface area contributed by atoms with Crippen molar-refractivity contribution in [2.75, 3.05) is 4.72 Å². The largest absolute Gasteiger partial charge is 0.276 e. The number of anilines is 1. The number of halogens is 1. The highest BCUT2D eigenvalue weighted by Crippen LogP contribution is 2.23. The maximum atomic E-state index is 13.6. The van der Waals surface area contributed by atoms with Gasteiger partial charge in [-0.15, -0.1) is 0 Å². The van der Waals surface area contributed by atoms with Crippen molar-refractivity contribution in [3.05, 3.63) is 41.5 Å². The summed E-state index contributed by atoms with van der Waals surface area (Å²) < 4.78 is 41.8. The highest BCUT2D eigenvalue weighted by Gasteiger charge is 2.21. The van der Waals surface area contributed by atoms with E-state index in [0.717, 1.165) is 6.07 Å². The molecule has 19 heavy (non-hydrogen) atoms. The fourth-order valence-corrected chi connectivity index (χ4v) is 3.03. The van der Waals surface area contributed by atoms with Gasteiger partial charge in [0.25, 0.3) is 10.0 Å². The number of hydrogen-bond acceptors (Lipinski definition) is 3. The van der Waals surface area contributed by atoms with Crippen molar-refractivity contribution in [1.29, 1.82) is 0 Å². The summed E-state index contributed by atoms with van der Waals surface area (Å²) in [5.41, 5.74) is 1.59. The molecule has 102 valence electrons. The van der Waals surface area contributed by atoms with E-state index in [1.807, 2.05) is 0 Å². The molecular formula is C12H14FN3O2S. The van der Waals surface area contributed by atoms with Gasteiger partial charge in [0.15, 0.2) is 0 Å². The van der Waals surface area contributed by atoms with E-state index in [1.54, 1.807) is 25.6 Å². The number of aryl methyl sites for hydroxylation is 2. The Balaban J connectivity index is 2.46. The number of nitrogens with one attached hydrogen (secondary N) is 1. The molecule has 0 bridgehead atoms. The Morgan fingerprint density at radius 3 is 2.42 bits per heavy atom. The molecular weight excluding hydrogens is 269 g/mol. The summed E-state index contributed by atoms with van der Waals surface area (Å²) in [4.78, 5) is -0.377. The van der Waals surface area contributed by atoms with Gasteiger partial charge in [-0.3, -0.25) is 9.40 Å². The lowest BCUT2D eigenvalue weighted by Crippen LogP contribution is -2.15. The molecule has 0 saturated carbocycles. The molecule has 0 saturated heterocycles. The Morgan fingerprint density at radius 2 is 1.89 bits per heavy atom. The van der Waals surface area contributed by atoms with Crippen LogP contribution < -0.4 is 4.72 Å². The Kier molecular flexibility index (Phi) is 3.32. The van der Waals surface area contributed by atoms with Crippen molar-refractivity contribution >= 4 is 15.7 Å². The van der Waals surface area contributed by atoms with E-state index in [2.05, 4.69) is 9.82 Å². The lowest BCUT2D eigenvalue weighted by Gasteiger charge is -2.09. The molecule has 2 aromatic rings. The van der Waals surface area contributed by atoms with Crippen molar-refractivity contribution in [3.63, 3.8) is 0 Å². The van der Waals surface area contributed by atoms with Crippen LogP contribution in [-0.2, 0) is 17.1 Å². The third kappa shape index (κ3) is 2.46. The molecule has 1 aromatic carbocycles. The Morgan fingerprint density at radius 1 is 1.26 bits per heavy atom. The van der Waals surface area contributed by atoms with Crippen molar-refractivity contribution in [2.24, 2.45) is 7.05 Å². The van der Waals surface area contributed by atoms with Gasteiger partial charge < -0.3 is 0 Å². The SMILES string of the molecule is Cc1nn(C)c(C)c1NS(=O)(=O)c1ccccc1F. The van der Waals surface area contributed by atoms with Crippen LogP contribution in [0.25, 0.3) is 0 Å². The molecule has 2 rings (SSSR count). The number of nitrogens with zero attached hydrogens (tertiary/aromatic N) is 2. The van der Waals surface area contributed by atoms with Crippen LogP contribution in [0.1, 0.15) is 11.4 Å². The summed E-state index contributed by atoms with van der Waals surface area (Å²) in [6.07, 6.45) is 0. The predicted octanol–water partition coefficient (Wildman–Crippen LogP) is 1.98. The molecule has 0 fully saturated rings. The monoisotopic (exact) mass is 283 g/mol. The smallest absolute Gasteiger partial charge is 0.264 e. The number of benzene rings is 1. The zero-order valence-corrected chi connectivity index (χ0v) is 11.6. The van der Waals surface area contributed by atoms with E-state index >= 15 is 0 Å². The van der Waals surface area contributed by atoms with Crippen LogP contribution >= 0.6 is 0 Å². The van der Waals surface area contributed by atoms with E-state index in [-0.39, 0.29) is 4.90 Å². The standard InChI is InChI=1S/C12H14FN3O2S/c1-8-12(9(2)16(3)14-8)15-19(17,18)11-7-5-4-6-10(11)13/h4-7,15H,1-3H3. The van der Waals surface area contributed by atoms with Crippen LogP contribution in [0.3, 0.4) is 0 Å². The van der Waals surface area contributed by atoms with Crippen LogP contribution in [0.15, 0.2) is 29.2 Å². The number of hydrogen-bond donors (Lipinski definition) is 1. The van der Waals surface area contributed by atoms with E-state index in [0.29, 0.717) is 17.1 Å². The first-order valence-electron chi connectivity index (χ1n) is 5.60. The van der Waals surface area contributed by atoms with E-state index in [1.165, 1.54) is 18.2 Å². The van der Waals surface area contributed by atoms with E-state index in [9.17, 15) is 12.8 Å². The minimum absolute atomic E-state index is 0.377. The number of rotatable bonds is 3. The summed E-state index contributed by atoms with van der Waals surface area (Å²) in [7, 11) is -2.24. The zero-order chi connectivity index (χ0) is 14.2. The van der Waals surface area contributed by atoms with Crippen molar-refractivity contribution < 1.29 is 12.8 Å². The quantitative estimate of drug-likeness (QED) is 0.936. The van der Waals surface area contributed by atoms with Crippen LogP contribution in [-0.4, -0.2) is 18.2 Å². The van der Waals surface area contributed by atoms with Crippen molar-refractivity contribution in [3.8, 4) is 0 Å². The maximum Gasteiger partial charge on any atom is 0.264 e. The second kappa shape index (κ2) is 4.65. The molecule has 0 amide bonds. The Labute approximate surface area is 111 Å². The average Bonchev–Trinajstić information content (AvgIpc) is 2.56. The molecule has 7 heteroatoms. The average molecular weight is 283 g/mol. The van der Waals surface area contributed by atoms with Gasteiger partial charge in [-0.1, -0.05) is 12.1 Å². The summed E-state index contributed by atoms with van der Waals surface area (Å²) in [5.74, 6) is -0.783. The summed E-state index contributed by atoms with van der Waals surface area (Å²) >= 11 is 0. The van der Waals surface area contributed by atoms with E-state index < -0.39 is 15.8 Å². The van der Waals surface area contributed by atoms with Crippen molar-refractivity contribution in [1.82, 2.24) is 9.78 Å². The topological polar surface area (TPSA) is 64.0 Å². The lowest BCUT2D eigenvalue weighted by atomic mass is 10.3. The van der Waals surface area contributed by atoms with Gasteiger partial charge in [-0.25, -0.2) is 12.8 Å². The second-order valence-corrected chi connectivity index (χ2v) is 5.86. The minimum atomic E-state index is -3.95. The van der Waals surface area contributed by atoms with Gasteiger partial charge in [0.05, 0.1) is 17.1 Å². The molecule has 0 atom stereocenters. The first kappa shape index (κ1) is 13.5. The molecule has 0 aliphatic heterocycles. The van der Waals surface area contributed by atoms with E-state index in [4.69, 9.17) is 0 Å². The van der Waals surface area contributed by atoms with Gasteiger partial charge in [0, 0.05) is 7.05 Å². The molecule has 0 unspecified atom stereocenters. The normalized spacial score (nSPS) is 11.6. The highest BCUT2D eigenvalue weighted by atomic mass is 32.2. The fraction of sp³-hybridized carbons (Fsp3) is 0.250. The number of aromatic nitrogens is 2. The van der Waals surface area contributed by atoms with Crippen LogP contribution in [0, 0.1) is 19.7 Å². The third-order valence-corrected chi connectivity index (χ3v) is 4.25. The first-order chi connectivity index (χ1) is 8.83. The lowest BCUT2D eigenvalue weighted by molar-refractivity contribution is 0.570. The van der Waals surface area contributed by atoms with Crippen LogP contribution in [0.2, 0.25) is 0 Å². The molecule has 1 aromatic heterocycles. The molecule has 1 N–H and O–H groups in total. The molecule has 5 nitrogen and oxygen atoms in total. The minimum Gasteiger partial charge on any atom is -0.276 e. The maximum absolute atomic E-state index is 13.6. The summed E-state index contributed by atoms with van der Waals surface area (Å²) in [6, 6.07) is 5.24. The number of sulfonamides is 1. The Hall–Kier alpha value is -1.89. The molecule has 0 aliphatic carbocycles. The fourth-order valence-electron chi connectivity index (χ4n) is 1.77. The van der Waals surface area contributed by atoms with Gasteiger partial charge in [0.1, 0.15) is 10.7 Å². The zero-order valence-electron chi connectivity index (χ0n) is 10.8.